The molecule has 0 spiro atoms. The van der Waals surface area contributed by atoms with Gasteiger partial charge in [0.05, 0.1) is 16.9 Å². The van der Waals surface area contributed by atoms with Gasteiger partial charge in [-0.15, -0.1) is 11.3 Å². The summed E-state index contributed by atoms with van der Waals surface area (Å²) in [7, 11) is 0. The van der Waals surface area contributed by atoms with Gasteiger partial charge in [0, 0.05) is 23.3 Å². The van der Waals surface area contributed by atoms with Crippen LogP contribution in [0.5, 0.6) is 5.75 Å². The maximum atomic E-state index is 12.2. The van der Waals surface area contributed by atoms with E-state index in [0.29, 0.717) is 27.8 Å². The fourth-order valence-electron chi connectivity index (χ4n) is 2.50. The Morgan fingerprint density at radius 3 is 3.04 bits per heavy atom. The number of benzene rings is 1. The maximum Gasteiger partial charge on any atom is 0.265 e. The molecule has 8 heteroatoms. The summed E-state index contributed by atoms with van der Waals surface area (Å²) in [5.74, 6) is 0.178. The van der Waals surface area contributed by atoms with Crippen LogP contribution in [-0.2, 0) is 4.79 Å². The highest BCUT2D eigenvalue weighted by Gasteiger charge is 2.24. The number of carbonyl (C=O) groups excluding carboxylic acids is 2. The maximum absolute atomic E-state index is 12.2. The Hall–Kier alpha value is -3.26. The van der Waals surface area contributed by atoms with Crippen molar-refractivity contribution in [2.75, 3.05) is 10.6 Å². The van der Waals surface area contributed by atoms with Gasteiger partial charge in [-0.3, -0.25) is 19.9 Å². The molecule has 1 aliphatic rings. The van der Waals surface area contributed by atoms with Crippen LogP contribution in [0.4, 0.5) is 10.8 Å². The van der Waals surface area contributed by atoms with E-state index in [9.17, 15) is 9.59 Å². The van der Waals surface area contributed by atoms with E-state index in [1.165, 1.54) is 17.5 Å². The van der Waals surface area contributed by atoms with Gasteiger partial charge in [-0.2, -0.15) is 0 Å². The van der Waals surface area contributed by atoms with Crippen molar-refractivity contribution in [1.82, 2.24) is 9.97 Å². The SMILES string of the molecule is C[C@@H]1Oc2ccc(-c3csc(NC(=O)c4cccnc4)n3)cc2NC1=O. The molecule has 0 saturated carbocycles. The summed E-state index contributed by atoms with van der Waals surface area (Å²) in [6.07, 6.45) is 2.59. The molecule has 0 bridgehead atoms. The summed E-state index contributed by atoms with van der Waals surface area (Å²) in [6.45, 7) is 1.70. The van der Waals surface area contributed by atoms with E-state index in [2.05, 4.69) is 20.6 Å². The summed E-state index contributed by atoms with van der Waals surface area (Å²) >= 11 is 1.32. The number of carbonyl (C=O) groups is 2. The highest BCUT2D eigenvalue weighted by molar-refractivity contribution is 7.14. The highest BCUT2D eigenvalue weighted by atomic mass is 32.1. The molecule has 0 saturated heterocycles. The van der Waals surface area contributed by atoms with Gasteiger partial charge in [0.15, 0.2) is 11.2 Å². The molecule has 2 amide bonds. The number of nitrogens with one attached hydrogen (secondary N) is 2. The first kappa shape index (κ1) is 16.2. The molecular formula is C18H14N4O3S. The number of aromatic nitrogens is 2. The highest BCUT2D eigenvalue weighted by Crippen LogP contribution is 2.34. The van der Waals surface area contributed by atoms with Crippen molar-refractivity contribution in [3.05, 3.63) is 53.7 Å². The molecule has 4 rings (SSSR count). The van der Waals surface area contributed by atoms with Crippen LogP contribution in [0.15, 0.2) is 48.1 Å². The minimum Gasteiger partial charge on any atom is -0.479 e. The smallest absolute Gasteiger partial charge is 0.265 e. The number of rotatable bonds is 3. The second kappa shape index (κ2) is 6.57. The van der Waals surface area contributed by atoms with Gasteiger partial charge in [0.2, 0.25) is 0 Å². The fourth-order valence-corrected chi connectivity index (χ4v) is 3.21. The Labute approximate surface area is 153 Å². The summed E-state index contributed by atoms with van der Waals surface area (Å²) in [5.41, 5.74) is 2.60. The van der Waals surface area contributed by atoms with Gasteiger partial charge >= 0.3 is 0 Å². The van der Waals surface area contributed by atoms with Crippen molar-refractivity contribution < 1.29 is 14.3 Å². The third-order valence-electron chi connectivity index (χ3n) is 3.85. The molecular weight excluding hydrogens is 352 g/mol. The Morgan fingerprint density at radius 1 is 1.35 bits per heavy atom. The van der Waals surface area contributed by atoms with Crippen molar-refractivity contribution in [2.45, 2.75) is 13.0 Å². The standard InChI is InChI=1S/C18H14N4O3S/c1-10-16(23)20-13-7-11(4-5-15(13)25-10)14-9-26-18(21-14)22-17(24)12-3-2-6-19-8-12/h2-10H,1H3,(H,20,23)(H,21,22,24)/t10-/m0/s1. The number of hydrogen-bond acceptors (Lipinski definition) is 6. The first-order valence-corrected chi connectivity index (χ1v) is 8.77. The molecule has 0 radical (unpaired) electrons. The van der Waals surface area contributed by atoms with Crippen molar-refractivity contribution in [3.8, 4) is 17.0 Å². The summed E-state index contributed by atoms with van der Waals surface area (Å²) in [5, 5.41) is 7.90. The lowest BCUT2D eigenvalue weighted by Gasteiger charge is -2.23. The number of nitrogens with zero attached hydrogens (tertiary/aromatic N) is 2. The quantitative estimate of drug-likeness (QED) is 0.743. The van der Waals surface area contributed by atoms with Crippen molar-refractivity contribution in [1.29, 1.82) is 0 Å². The van der Waals surface area contributed by atoms with E-state index in [1.54, 1.807) is 37.4 Å². The Kier molecular flexibility index (Phi) is 4.10. The lowest BCUT2D eigenvalue weighted by atomic mass is 10.1. The third kappa shape index (κ3) is 3.14. The second-order valence-electron chi connectivity index (χ2n) is 5.69. The fraction of sp³-hybridized carbons (Fsp3) is 0.111. The van der Waals surface area contributed by atoms with Crippen LogP contribution in [0, 0.1) is 0 Å². The van der Waals surface area contributed by atoms with Crippen molar-refractivity contribution in [3.63, 3.8) is 0 Å². The zero-order chi connectivity index (χ0) is 18.1. The molecule has 26 heavy (non-hydrogen) atoms. The predicted octanol–water partition coefficient (Wildman–Crippen LogP) is 3.18. The van der Waals surface area contributed by atoms with Crippen LogP contribution in [0.2, 0.25) is 0 Å². The van der Waals surface area contributed by atoms with E-state index >= 15 is 0 Å². The van der Waals surface area contributed by atoms with Crippen LogP contribution in [0.25, 0.3) is 11.3 Å². The molecule has 7 nitrogen and oxygen atoms in total. The molecule has 1 atom stereocenters. The first-order valence-electron chi connectivity index (χ1n) is 7.89. The van der Waals surface area contributed by atoms with Crippen LogP contribution in [-0.4, -0.2) is 27.9 Å². The monoisotopic (exact) mass is 366 g/mol. The Balaban J connectivity index is 1.54. The molecule has 0 fully saturated rings. The van der Waals surface area contributed by atoms with Gasteiger partial charge in [0.1, 0.15) is 5.75 Å². The van der Waals surface area contributed by atoms with E-state index in [-0.39, 0.29) is 11.8 Å². The lowest BCUT2D eigenvalue weighted by Crippen LogP contribution is -2.34. The average Bonchev–Trinajstić information content (AvgIpc) is 3.11. The van der Waals surface area contributed by atoms with Crippen LogP contribution >= 0.6 is 11.3 Å². The molecule has 1 aliphatic heterocycles. The zero-order valence-electron chi connectivity index (χ0n) is 13.7. The summed E-state index contributed by atoms with van der Waals surface area (Å²) < 4.78 is 5.55. The van der Waals surface area contributed by atoms with E-state index < -0.39 is 6.10 Å². The predicted molar refractivity (Wildman–Crippen MR) is 98.5 cm³/mol. The normalized spacial score (nSPS) is 15.6. The molecule has 3 heterocycles. The Morgan fingerprint density at radius 2 is 2.23 bits per heavy atom. The van der Waals surface area contributed by atoms with Crippen LogP contribution in [0.1, 0.15) is 17.3 Å². The van der Waals surface area contributed by atoms with Crippen LogP contribution < -0.4 is 15.4 Å². The average molecular weight is 366 g/mol. The summed E-state index contributed by atoms with van der Waals surface area (Å²) in [6, 6.07) is 8.86. The molecule has 0 unspecified atom stereocenters. The van der Waals surface area contributed by atoms with Gasteiger partial charge in [-0.05, 0) is 37.3 Å². The molecule has 2 aromatic heterocycles. The number of hydrogen-bond donors (Lipinski definition) is 2. The lowest BCUT2D eigenvalue weighted by molar-refractivity contribution is -0.122. The minimum atomic E-state index is -0.512. The minimum absolute atomic E-state index is 0.183. The molecule has 130 valence electrons. The zero-order valence-corrected chi connectivity index (χ0v) is 14.5. The third-order valence-corrected chi connectivity index (χ3v) is 4.61. The van der Waals surface area contributed by atoms with Gasteiger partial charge < -0.3 is 10.1 Å². The largest absolute Gasteiger partial charge is 0.479 e. The van der Waals surface area contributed by atoms with Crippen molar-refractivity contribution >= 4 is 34.0 Å². The Bertz CT molecular complexity index is 987. The van der Waals surface area contributed by atoms with Crippen LogP contribution in [0.3, 0.4) is 0 Å². The van der Waals surface area contributed by atoms with E-state index in [4.69, 9.17) is 4.74 Å². The number of fused-ring (bicyclic) bond motifs is 1. The molecule has 0 aliphatic carbocycles. The number of thiazole rings is 1. The van der Waals surface area contributed by atoms with E-state index in [0.717, 1.165) is 5.56 Å². The number of amides is 2. The molecule has 2 N–H and O–H groups in total. The van der Waals surface area contributed by atoms with Gasteiger partial charge in [-0.25, -0.2) is 4.98 Å². The first-order chi connectivity index (χ1) is 12.6. The summed E-state index contributed by atoms with van der Waals surface area (Å²) in [4.78, 5) is 32.3. The van der Waals surface area contributed by atoms with Gasteiger partial charge in [0.25, 0.3) is 11.8 Å². The molecule has 1 aromatic carbocycles. The second-order valence-corrected chi connectivity index (χ2v) is 6.55. The van der Waals surface area contributed by atoms with E-state index in [1.807, 2.05) is 11.4 Å². The molecule has 3 aromatic rings. The van der Waals surface area contributed by atoms with Crippen molar-refractivity contribution in [2.24, 2.45) is 0 Å². The number of anilines is 2. The number of pyridine rings is 1. The topological polar surface area (TPSA) is 93.2 Å². The number of ether oxygens (including phenoxy) is 1. The van der Waals surface area contributed by atoms with Gasteiger partial charge in [-0.1, -0.05) is 0 Å².